The number of aromatic nitrogens is 1. The Kier molecular flexibility index (Phi) is 7.18. The number of ether oxygens (including phenoxy) is 1. The SMILES string of the molecule is N#Cc1cccc(N2[C@@H](Cc3cc4ccccc4n3Cc3ccccc3)COC[C@H]2Cc2ccc3ccccc3c2)c1. The van der Waals surface area contributed by atoms with Gasteiger partial charge in [-0.05, 0) is 64.0 Å². The molecule has 2 heterocycles. The highest BCUT2D eigenvalue weighted by molar-refractivity contribution is 5.83. The van der Waals surface area contributed by atoms with E-state index in [4.69, 9.17) is 4.74 Å². The van der Waals surface area contributed by atoms with E-state index >= 15 is 0 Å². The van der Waals surface area contributed by atoms with Crippen molar-refractivity contribution in [2.24, 2.45) is 0 Å². The fourth-order valence-corrected chi connectivity index (χ4v) is 6.54. The first-order chi connectivity index (χ1) is 20.7. The van der Waals surface area contributed by atoms with E-state index in [1.54, 1.807) is 0 Å². The number of benzene rings is 5. The van der Waals surface area contributed by atoms with E-state index in [0.717, 1.165) is 25.1 Å². The van der Waals surface area contributed by atoms with Gasteiger partial charge in [-0.2, -0.15) is 5.26 Å². The van der Waals surface area contributed by atoms with Crippen LogP contribution in [0.2, 0.25) is 0 Å². The Labute approximate surface area is 247 Å². The topological polar surface area (TPSA) is 41.2 Å². The van der Waals surface area contributed by atoms with Gasteiger partial charge in [0.2, 0.25) is 0 Å². The highest BCUT2D eigenvalue weighted by Gasteiger charge is 2.33. The van der Waals surface area contributed by atoms with Crippen molar-refractivity contribution in [2.75, 3.05) is 18.1 Å². The molecule has 1 fully saturated rings. The van der Waals surface area contributed by atoms with Gasteiger partial charge in [-0.15, -0.1) is 0 Å². The normalized spacial score (nSPS) is 17.0. The average Bonchev–Trinajstić information content (AvgIpc) is 3.38. The third-order valence-electron chi connectivity index (χ3n) is 8.49. The summed E-state index contributed by atoms with van der Waals surface area (Å²) in [4.78, 5) is 2.53. The van der Waals surface area contributed by atoms with Crippen molar-refractivity contribution in [3.8, 4) is 6.07 Å². The van der Waals surface area contributed by atoms with Gasteiger partial charge in [0.15, 0.2) is 0 Å². The second kappa shape index (κ2) is 11.6. The molecule has 0 radical (unpaired) electrons. The van der Waals surface area contributed by atoms with Crippen molar-refractivity contribution in [1.82, 2.24) is 4.57 Å². The van der Waals surface area contributed by atoms with Gasteiger partial charge >= 0.3 is 0 Å². The summed E-state index contributed by atoms with van der Waals surface area (Å²) in [6.45, 7) is 2.10. The van der Waals surface area contributed by atoms with Crippen LogP contribution in [0.25, 0.3) is 21.7 Å². The Hall–Kier alpha value is -4.85. The first-order valence-corrected chi connectivity index (χ1v) is 14.7. The highest BCUT2D eigenvalue weighted by Crippen LogP contribution is 2.31. The molecule has 0 bridgehead atoms. The number of fused-ring (bicyclic) bond motifs is 2. The van der Waals surface area contributed by atoms with Crippen LogP contribution < -0.4 is 4.90 Å². The smallest absolute Gasteiger partial charge is 0.0992 e. The third-order valence-corrected chi connectivity index (χ3v) is 8.49. The fraction of sp³-hybridized carbons (Fsp3) is 0.184. The van der Waals surface area contributed by atoms with E-state index in [-0.39, 0.29) is 12.1 Å². The number of morpholine rings is 1. The van der Waals surface area contributed by atoms with E-state index in [2.05, 4.69) is 125 Å². The van der Waals surface area contributed by atoms with Crippen molar-refractivity contribution < 1.29 is 4.74 Å². The van der Waals surface area contributed by atoms with Crippen molar-refractivity contribution in [2.45, 2.75) is 31.5 Å². The summed E-state index contributed by atoms with van der Waals surface area (Å²) in [5.41, 5.74) is 6.88. The zero-order chi connectivity index (χ0) is 28.3. The van der Waals surface area contributed by atoms with E-state index in [9.17, 15) is 5.26 Å². The maximum Gasteiger partial charge on any atom is 0.0992 e. The van der Waals surface area contributed by atoms with E-state index < -0.39 is 0 Å². The van der Waals surface area contributed by atoms with Crippen LogP contribution in [0.5, 0.6) is 0 Å². The molecule has 1 aliphatic rings. The highest BCUT2D eigenvalue weighted by atomic mass is 16.5. The second-order valence-corrected chi connectivity index (χ2v) is 11.3. The average molecular weight is 548 g/mol. The maximum atomic E-state index is 9.72. The molecular weight excluding hydrogens is 514 g/mol. The molecule has 7 rings (SSSR count). The zero-order valence-corrected chi connectivity index (χ0v) is 23.6. The van der Waals surface area contributed by atoms with Crippen LogP contribution in [0.15, 0.2) is 127 Å². The summed E-state index contributed by atoms with van der Waals surface area (Å²) in [6, 6.07) is 47.6. The van der Waals surface area contributed by atoms with Gasteiger partial charge in [0.05, 0.1) is 36.9 Å². The largest absolute Gasteiger partial charge is 0.377 e. The first kappa shape index (κ1) is 26.1. The van der Waals surface area contributed by atoms with Crippen molar-refractivity contribution in [1.29, 1.82) is 5.26 Å². The van der Waals surface area contributed by atoms with Crippen molar-refractivity contribution in [3.05, 3.63) is 150 Å². The number of hydrogen-bond acceptors (Lipinski definition) is 3. The second-order valence-electron chi connectivity index (χ2n) is 11.3. The number of para-hydroxylation sites is 1. The summed E-state index contributed by atoms with van der Waals surface area (Å²) in [6.07, 6.45) is 1.71. The lowest BCUT2D eigenvalue weighted by Crippen LogP contribution is -2.54. The molecule has 0 spiro atoms. The molecule has 2 atom stereocenters. The molecule has 0 aliphatic carbocycles. The van der Waals surface area contributed by atoms with Gasteiger partial charge in [0.25, 0.3) is 0 Å². The molecule has 5 aromatic carbocycles. The molecule has 0 saturated carbocycles. The Balaban J connectivity index is 1.26. The zero-order valence-electron chi connectivity index (χ0n) is 23.6. The number of hydrogen-bond donors (Lipinski definition) is 0. The number of nitrogens with zero attached hydrogens (tertiary/aromatic N) is 3. The van der Waals surface area contributed by atoms with Crippen LogP contribution >= 0.6 is 0 Å². The van der Waals surface area contributed by atoms with Crippen molar-refractivity contribution in [3.63, 3.8) is 0 Å². The molecule has 0 amide bonds. The molecule has 0 N–H and O–H groups in total. The summed E-state index contributed by atoms with van der Waals surface area (Å²) in [5.74, 6) is 0. The lowest BCUT2D eigenvalue weighted by atomic mass is 9.96. The van der Waals surface area contributed by atoms with Crippen LogP contribution in [-0.2, 0) is 24.1 Å². The third kappa shape index (κ3) is 5.28. The molecule has 1 saturated heterocycles. The molecule has 4 nitrogen and oxygen atoms in total. The van der Waals surface area contributed by atoms with E-state index in [1.165, 1.54) is 38.5 Å². The lowest BCUT2D eigenvalue weighted by Gasteiger charge is -2.44. The molecule has 4 heteroatoms. The summed E-state index contributed by atoms with van der Waals surface area (Å²) >= 11 is 0. The fourth-order valence-electron chi connectivity index (χ4n) is 6.54. The van der Waals surface area contributed by atoms with E-state index in [1.807, 2.05) is 18.2 Å². The van der Waals surface area contributed by atoms with Gasteiger partial charge in [-0.1, -0.05) is 97.1 Å². The number of rotatable bonds is 7. The minimum Gasteiger partial charge on any atom is -0.377 e. The standard InChI is InChI=1S/C38H33N3O/c39-24-30-11-8-15-34(21-30)41-36(20-29-17-18-31-12-4-5-13-32(31)19-29)26-42-27-37(41)23-35-22-33-14-6-7-16-38(33)40(35)25-28-9-2-1-3-10-28/h1-19,21-22,36-37H,20,23,25-27H2/t36-,37+/m1/s1. The van der Waals surface area contributed by atoms with Gasteiger partial charge in [0.1, 0.15) is 0 Å². The molecule has 1 aliphatic heterocycles. The number of anilines is 1. The quantitative estimate of drug-likeness (QED) is 0.205. The van der Waals surface area contributed by atoms with Crippen LogP contribution in [0.1, 0.15) is 22.4 Å². The van der Waals surface area contributed by atoms with Gasteiger partial charge in [0, 0.05) is 29.9 Å². The van der Waals surface area contributed by atoms with Crippen LogP contribution in [0.4, 0.5) is 5.69 Å². The van der Waals surface area contributed by atoms with Gasteiger partial charge < -0.3 is 14.2 Å². The summed E-state index contributed by atoms with van der Waals surface area (Å²) < 4.78 is 8.81. The molecular formula is C38H33N3O. The van der Waals surface area contributed by atoms with Crippen LogP contribution in [-0.4, -0.2) is 29.9 Å². The summed E-state index contributed by atoms with van der Waals surface area (Å²) in [7, 11) is 0. The summed E-state index contributed by atoms with van der Waals surface area (Å²) in [5, 5.41) is 13.5. The Morgan fingerprint density at radius 3 is 2.21 bits per heavy atom. The minimum atomic E-state index is 0.122. The van der Waals surface area contributed by atoms with Crippen molar-refractivity contribution >= 4 is 27.4 Å². The first-order valence-electron chi connectivity index (χ1n) is 14.7. The molecule has 0 unspecified atom stereocenters. The van der Waals surface area contributed by atoms with Gasteiger partial charge in [-0.3, -0.25) is 0 Å². The van der Waals surface area contributed by atoms with Crippen LogP contribution in [0, 0.1) is 11.3 Å². The van der Waals surface area contributed by atoms with E-state index in [0.29, 0.717) is 18.8 Å². The monoisotopic (exact) mass is 547 g/mol. The Morgan fingerprint density at radius 2 is 1.38 bits per heavy atom. The Bertz CT molecular complexity index is 1880. The number of nitriles is 1. The molecule has 6 aromatic rings. The molecule has 206 valence electrons. The molecule has 1 aromatic heterocycles. The minimum absolute atomic E-state index is 0.122. The maximum absolute atomic E-state index is 9.72. The predicted octanol–water partition coefficient (Wildman–Crippen LogP) is 7.77. The molecule has 42 heavy (non-hydrogen) atoms. The Morgan fingerprint density at radius 1 is 0.643 bits per heavy atom. The van der Waals surface area contributed by atoms with Crippen LogP contribution in [0.3, 0.4) is 0 Å². The lowest BCUT2D eigenvalue weighted by molar-refractivity contribution is 0.0660. The van der Waals surface area contributed by atoms with Gasteiger partial charge in [-0.25, -0.2) is 0 Å². The predicted molar refractivity (Wildman–Crippen MR) is 171 cm³/mol.